The van der Waals surface area contributed by atoms with Crippen LogP contribution in [-0.2, 0) is 0 Å². The van der Waals surface area contributed by atoms with Gasteiger partial charge in [0.1, 0.15) is 0 Å². The largest absolute Gasteiger partial charge is 0.340 e. The van der Waals surface area contributed by atoms with Gasteiger partial charge in [0.15, 0.2) is 0 Å². The van der Waals surface area contributed by atoms with Crippen LogP contribution in [0.15, 0.2) is 54.6 Å². The number of carbonyl (C=O) groups is 1. The summed E-state index contributed by atoms with van der Waals surface area (Å²) in [5, 5.41) is 0.913. The number of likely N-dealkylation sites (tertiary alicyclic amines) is 1. The summed E-state index contributed by atoms with van der Waals surface area (Å²) in [6.07, 6.45) is 2.54. The number of aryl methyl sites for hydroxylation is 1. The Bertz CT molecular complexity index is 975. The minimum Gasteiger partial charge on any atom is -0.340 e. The number of aromatic nitrogens is 1. The molecule has 2 aromatic carbocycles. The van der Waals surface area contributed by atoms with Gasteiger partial charge in [-0.2, -0.15) is 0 Å². The maximum atomic E-state index is 13.3. The lowest BCUT2D eigenvalue weighted by Crippen LogP contribution is -2.35. The second kappa shape index (κ2) is 8.11. The highest BCUT2D eigenvalue weighted by Crippen LogP contribution is 2.26. The van der Waals surface area contributed by atoms with Gasteiger partial charge in [0.2, 0.25) is 0 Å². The number of likely N-dealkylation sites (N-methyl/N-ethyl adjacent to an activating group) is 1. The van der Waals surface area contributed by atoms with Gasteiger partial charge in [0, 0.05) is 31.1 Å². The van der Waals surface area contributed by atoms with Gasteiger partial charge in [0.05, 0.1) is 16.8 Å². The van der Waals surface area contributed by atoms with Crippen molar-refractivity contribution >= 4 is 16.8 Å². The molecule has 0 saturated carbocycles. The topological polar surface area (TPSA) is 36.4 Å². The van der Waals surface area contributed by atoms with E-state index in [1.54, 1.807) is 0 Å². The maximum absolute atomic E-state index is 13.3. The van der Waals surface area contributed by atoms with E-state index in [0.29, 0.717) is 0 Å². The molecule has 0 spiro atoms. The average molecular weight is 374 g/mol. The molecule has 2 heterocycles. The molecule has 144 valence electrons. The quantitative estimate of drug-likeness (QED) is 0.666. The molecule has 1 amide bonds. The standard InChI is InChI=1S/C24H27N3O/c1-18-9-11-19(12-10-18)23-17-21(20-7-3-4-8-22(20)25-23)24(28)26(2)15-16-27-13-5-6-14-27/h3-4,7-12,17H,5-6,13-16H2,1-2H3. The summed E-state index contributed by atoms with van der Waals surface area (Å²) in [6, 6.07) is 18.1. The third-order valence-corrected chi connectivity index (χ3v) is 5.59. The Morgan fingerprint density at radius 3 is 2.54 bits per heavy atom. The van der Waals surface area contributed by atoms with E-state index in [1.165, 1.54) is 18.4 Å². The van der Waals surface area contributed by atoms with Gasteiger partial charge in [-0.15, -0.1) is 0 Å². The summed E-state index contributed by atoms with van der Waals surface area (Å²) in [6.45, 7) is 6.06. The fraction of sp³-hybridized carbons (Fsp3) is 0.333. The Balaban J connectivity index is 1.66. The van der Waals surface area contributed by atoms with Crippen LogP contribution in [0.4, 0.5) is 0 Å². The summed E-state index contributed by atoms with van der Waals surface area (Å²) in [7, 11) is 1.90. The van der Waals surface area contributed by atoms with Crippen molar-refractivity contribution in [2.75, 3.05) is 33.2 Å². The SMILES string of the molecule is Cc1ccc(-c2cc(C(=O)N(C)CCN3CCCC3)c3ccccc3n2)cc1. The summed E-state index contributed by atoms with van der Waals surface area (Å²) in [5.74, 6) is 0.0613. The van der Waals surface area contributed by atoms with E-state index in [-0.39, 0.29) is 5.91 Å². The van der Waals surface area contributed by atoms with E-state index in [2.05, 4.69) is 36.1 Å². The number of hydrogen-bond acceptors (Lipinski definition) is 3. The Morgan fingerprint density at radius 2 is 1.79 bits per heavy atom. The molecule has 0 unspecified atom stereocenters. The van der Waals surface area contributed by atoms with Crippen molar-refractivity contribution in [3.63, 3.8) is 0 Å². The van der Waals surface area contributed by atoms with E-state index in [4.69, 9.17) is 4.98 Å². The predicted octanol–water partition coefficient (Wildman–Crippen LogP) is 4.38. The van der Waals surface area contributed by atoms with Gasteiger partial charge < -0.3 is 9.80 Å². The van der Waals surface area contributed by atoms with Crippen molar-refractivity contribution in [2.24, 2.45) is 0 Å². The van der Waals surface area contributed by atoms with Crippen LogP contribution in [0, 0.1) is 6.92 Å². The van der Waals surface area contributed by atoms with Gasteiger partial charge in [0.25, 0.3) is 5.91 Å². The fourth-order valence-corrected chi connectivity index (χ4v) is 3.83. The molecule has 1 fully saturated rings. The number of fused-ring (bicyclic) bond motifs is 1. The van der Waals surface area contributed by atoms with Crippen molar-refractivity contribution < 1.29 is 4.79 Å². The van der Waals surface area contributed by atoms with Crippen LogP contribution in [-0.4, -0.2) is 53.9 Å². The van der Waals surface area contributed by atoms with Crippen LogP contribution in [0.1, 0.15) is 28.8 Å². The van der Waals surface area contributed by atoms with Gasteiger partial charge in [-0.05, 0) is 45.0 Å². The molecule has 4 heteroatoms. The van der Waals surface area contributed by atoms with E-state index in [1.807, 2.05) is 42.3 Å². The second-order valence-electron chi connectivity index (χ2n) is 7.71. The number of para-hydroxylation sites is 1. The van der Waals surface area contributed by atoms with E-state index in [0.717, 1.165) is 53.9 Å². The molecule has 0 atom stereocenters. The van der Waals surface area contributed by atoms with Crippen LogP contribution in [0.25, 0.3) is 22.2 Å². The molecule has 1 saturated heterocycles. The molecule has 0 aliphatic carbocycles. The normalized spacial score (nSPS) is 14.5. The van der Waals surface area contributed by atoms with E-state index >= 15 is 0 Å². The second-order valence-corrected chi connectivity index (χ2v) is 7.71. The first kappa shape index (κ1) is 18.6. The number of nitrogens with zero attached hydrogens (tertiary/aromatic N) is 3. The zero-order valence-corrected chi connectivity index (χ0v) is 16.7. The van der Waals surface area contributed by atoms with Crippen molar-refractivity contribution in [2.45, 2.75) is 19.8 Å². The van der Waals surface area contributed by atoms with Crippen LogP contribution in [0.3, 0.4) is 0 Å². The number of hydrogen-bond donors (Lipinski definition) is 0. The molecule has 0 radical (unpaired) electrons. The van der Waals surface area contributed by atoms with Gasteiger partial charge in [-0.3, -0.25) is 4.79 Å². The highest BCUT2D eigenvalue weighted by molar-refractivity contribution is 6.07. The summed E-state index contributed by atoms with van der Waals surface area (Å²) < 4.78 is 0. The number of rotatable bonds is 5. The van der Waals surface area contributed by atoms with Crippen molar-refractivity contribution in [1.82, 2.24) is 14.8 Å². The first-order valence-electron chi connectivity index (χ1n) is 10.1. The van der Waals surface area contributed by atoms with Crippen molar-refractivity contribution in [1.29, 1.82) is 0 Å². The van der Waals surface area contributed by atoms with Gasteiger partial charge >= 0.3 is 0 Å². The maximum Gasteiger partial charge on any atom is 0.254 e. The molecule has 1 aliphatic heterocycles. The molecular formula is C24H27N3O. The van der Waals surface area contributed by atoms with Crippen LogP contribution in [0.5, 0.6) is 0 Å². The third-order valence-electron chi connectivity index (χ3n) is 5.59. The summed E-state index contributed by atoms with van der Waals surface area (Å²) in [5.41, 5.74) is 4.67. The highest BCUT2D eigenvalue weighted by atomic mass is 16.2. The molecular weight excluding hydrogens is 346 g/mol. The summed E-state index contributed by atoms with van der Waals surface area (Å²) in [4.78, 5) is 22.4. The molecule has 4 rings (SSSR count). The Hall–Kier alpha value is -2.72. The van der Waals surface area contributed by atoms with E-state index < -0.39 is 0 Å². The predicted molar refractivity (Wildman–Crippen MR) is 115 cm³/mol. The Labute approximate surface area is 166 Å². The lowest BCUT2D eigenvalue weighted by Gasteiger charge is -2.22. The number of pyridine rings is 1. The third kappa shape index (κ3) is 3.92. The van der Waals surface area contributed by atoms with Crippen LogP contribution < -0.4 is 0 Å². The molecule has 28 heavy (non-hydrogen) atoms. The number of carbonyl (C=O) groups excluding carboxylic acids is 1. The molecule has 0 bridgehead atoms. The number of amides is 1. The first-order chi connectivity index (χ1) is 13.6. The van der Waals surface area contributed by atoms with E-state index in [9.17, 15) is 4.79 Å². The minimum atomic E-state index is 0.0613. The molecule has 4 nitrogen and oxygen atoms in total. The Morgan fingerprint density at radius 1 is 1.07 bits per heavy atom. The van der Waals surface area contributed by atoms with Crippen LogP contribution in [0.2, 0.25) is 0 Å². The zero-order valence-electron chi connectivity index (χ0n) is 16.7. The average Bonchev–Trinajstić information content (AvgIpc) is 3.25. The Kier molecular flexibility index (Phi) is 5.40. The lowest BCUT2D eigenvalue weighted by molar-refractivity contribution is 0.0784. The van der Waals surface area contributed by atoms with Gasteiger partial charge in [-0.1, -0.05) is 48.0 Å². The minimum absolute atomic E-state index is 0.0613. The monoisotopic (exact) mass is 373 g/mol. The van der Waals surface area contributed by atoms with Crippen LogP contribution >= 0.6 is 0 Å². The van der Waals surface area contributed by atoms with Gasteiger partial charge in [-0.25, -0.2) is 4.98 Å². The zero-order chi connectivity index (χ0) is 19.5. The molecule has 1 aromatic heterocycles. The molecule has 0 N–H and O–H groups in total. The summed E-state index contributed by atoms with van der Waals surface area (Å²) >= 11 is 0. The molecule has 3 aromatic rings. The first-order valence-corrected chi connectivity index (χ1v) is 10.1. The van der Waals surface area contributed by atoms with Crippen molar-refractivity contribution in [3.05, 3.63) is 65.7 Å². The smallest absolute Gasteiger partial charge is 0.254 e. The van der Waals surface area contributed by atoms with Crippen molar-refractivity contribution in [3.8, 4) is 11.3 Å². The highest BCUT2D eigenvalue weighted by Gasteiger charge is 2.19. The molecule has 1 aliphatic rings. The fourth-order valence-electron chi connectivity index (χ4n) is 3.83. The number of benzene rings is 2. The lowest BCUT2D eigenvalue weighted by atomic mass is 10.0.